The van der Waals surface area contributed by atoms with Gasteiger partial charge >= 0.3 is 0 Å². The second-order valence-corrected chi connectivity index (χ2v) is 5.16. The predicted molar refractivity (Wildman–Crippen MR) is 83.5 cm³/mol. The number of likely N-dealkylation sites (tertiary alicyclic amines) is 1. The molecule has 3 heteroatoms. The number of piperidine rings is 1. The molecule has 0 radical (unpaired) electrons. The molecule has 110 valence electrons. The Labute approximate surface area is 122 Å². The second kappa shape index (κ2) is 7.95. The third-order valence-electron chi connectivity index (χ3n) is 3.66. The molecule has 2 rings (SSSR count). The van der Waals surface area contributed by atoms with Crippen LogP contribution < -0.4 is 9.47 Å². The smallest absolute Gasteiger partial charge is 0.161 e. The first-order valence-electron chi connectivity index (χ1n) is 7.49. The Morgan fingerprint density at radius 1 is 1.15 bits per heavy atom. The van der Waals surface area contributed by atoms with Crippen molar-refractivity contribution in [3.05, 3.63) is 29.8 Å². The molecule has 1 aromatic carbocycles. The third-order valence-corrected chi connectivity index (χ3v) is 3.66. The van der Waals surface area contributed by atoms with Crippen LogP contribution in [0.5, 0.6) is 11.5 Å². The van der Waals surface area contributed by atoms with Crippen molar-refractivity contribution in [1.29, 1.82) is 0 Å². The fraction of sp³-hybridized carbons (Fsp3) is 0.529. The van der Waals surface area contributed by atoms with Crippen LogP contribution in [0.25, 0.3) is 6.08 Å². The number of hydrogen-bond acceptors (Lipinski definition) is 3. The lowest BCUT2D eigenvalue weighted by atomic mass is 10.1. The van der Waals surface area contributed by atoms with E-state index in [-0.39, 0.29) is 0 Å². The van der Waals surface area contributed by atoms with Crippen LogP contribution in [0.2, 0.25) is 0 Å². The molecule has 1 aliphatic rings. The Kier molecular flexibility index (Phi) is 5.93. The van der Waals surface area contributed by atoms with Crippen LogP contribution in [0, 0.1) is 0 Å². The molecule has 0 saturated carbocycles. The molecule has 1 heterocycles. The SMILES string of the molecule is C/C=C/c1ccc(OCCN2CCCCC2)c(OC)c1. The van der Waals surface area contributed by atoms with E-state index in [0.717, 1.165) is 30.2 Å². The Hall–Kier alpha value is -1.48. The van der Waals surface area contributed by atoms with Gasteiger partial charge in [0, 0.05) is 6.54 Å². The lowest BCUT2D eigenvalue weighted by Gasteiger charge is -2.26. The Morgan fingerprint density at radius 2 is 1.95 bits per heavy atom. The second-order valence-electron chi connectivity index (χ2n) is 5.16. The zero-order valence-electron chi connectivity index (χ0n) is 12.6. The molecule has 3 nitrogen and oxygen atoms in total. The van der Waals surface area contributed by atoms with Crippen LogP contribution >= 0.6 is 0 Å². The highest BCUT2D eigenvalue weighted by Crippen LogP contribution is 2.28. The van der Waals surface area contributed by atoms with Crippen molar-refractivity contribution in [3.63, 3.8) is 0 Å². The Balaban J connectivity index is 1.88. The highest BCUT2D eigenvalue weighted by Gasteiger charge is 2.10. The van der Waals surface area contributed by atoms with Gasteiger partial charge in [-0.2, -0.15) is 0 Å². The molecule has 20 heavy (non-hydrogen) atoms. The van der Waals surface area contributed by atoms with Crippen molar-refractivity contribution in [2.75, 3.05) is 33.4 Å². The van der Waals surface area contributed by atoms with Gasteiger partial charge in [-0.15, -0.1) is 0 Å². The minimum Gasteiger partial charge on any atom is -0.493 e. The van der Waals surface area contributed by atoms with Crippen LogP contribution in [0.1, 0.15) is 31.7 Å². The van der Waals surface area contributed by atoms with E-state index in [1.54, 1.807) is 7.11 Å². The maximum atomic E-state index is 5.87. The summed E-state index contributed by atoms with van der Waals surface area (Å²) < 4.78 is 11.3. The molecule has 0 amide bonds. The quantitative estimate of drug-likeness (QED) is 0.792. The summed E-state index contributed by atoms with van der Waals surface area (Å²) in [5.74, 6) is 1.64. The van der Waals surface area contributed by atoms with E-state index in [1.165, 1.54) is 32.4 Å². The molecule has 0 aliphatic carbocycles. The van der Waals surface area contributed by atoms with Gasteiger partial charge in [-0.05, 0) is 50.6 Å². The van der Waals surface area contributed by atoms with Gasteiger partial charge in [0.05, 0.1) is 7.11 Å². The topological polar surface area (TPSA) is 21.7 Å². The minimum absolute atomic E-state index is 0.722. The van der Waals surface area contributed by atoms with Gasteiger partial charge in [0.25, 0.3) is 0 Å². The summed E-state index contributed by atoms with van der Waals surface area (Å²) in [7, 11) is 1.69. The first-order valence-corrected chi connectivity index (χ1v) is 7.49. The normalized spacial score (nSPS) is 16.5. The van der Waals surface area contributed by atoms with Gasteiger partial charge in [-0.3, -0.25) is 4.90 Å². The number of nitrogens with zero attached hydrogens (tertiary/aromatic N) is 1. The molecule has 1 saturated heterocycles. The van der Waals surface area contributed by atoms with Crippen LogP contribution in [0.3, 0.4) is 0 Å². The molecule has 0 unspecified atom stereocenters. The highest BCUT2D eigenvalue weighted by atomic mass is 16.5. The first kappa shape index (κ1) is 14.9. The molecule has 1 fully saturated rings. The lowest BCUT2D eigenvalue weighted by Crippen LogP contribution is -2.33. The van der Waals surface area contributed by atoms with E-state index < -0.39 is 0 Å². The average Bonchev–Trinajstić information content (AvgIpc) is 2.50. The fourth-order valence-electron chi connectivity index (χ4n) is 2.57. The summed E-state index contributed by atoms with van der Waals surface area (Å²) in [6.45, 7) is 6.15. The average molecular weight is 275 g/mol. The molecule has 1 aromatic rings. The van der Waals surface area contributed by atoms with Crippen molar-refractivity contribution in [1.82, 2.24) is 4.90 Å². The monoisotopic (exact) mass is 275 g/mol. The van der Waals surface area contributed by atoms with Gasteiger partial charge < -0.3 is 9.47 Å². The van der Waals surface area contributed by atoms with Crippen molar-refractivity contribution in [2.24, 2.45) is 0 Å². The van der Waals surface area contributed by atoms with Crippen molar-refractivity contribution < 1.29 is 9.47 Å². The molecule has 0 N–H and O–H groups in total. The molecule has 0 aromatic heterocycles. The predicted octanol–water partition coefficient (Wildman–Crippen LogP) is 3.59. The summed E-state index contributed by atoms with van der Waals surface area (Å²) in [6.07, 6.45) is 8.09. The zero-order valence-corrected chi connectivity index (χ0v) is 12.6. The lowest BCUT2D eigenvalue weighted by molar-refractivity contribution is 0.180. The zero-order chi connectivity index (χ0) is 14.2. The molecule has 0 bridgehead atoms. The van der Waals surface area contributed by atoms with Gasteiger partial charge in [-0.1, -0.05) is 24.6 Å². The van der Waals surface area contributed by atoms with E-state index in [9.17, 15) is 0 Å². The Morgan fingerprint density at radius 3 is 2.65 bits per heavy atom. The third kappa shape index (κ3) is 4.27. The molecule has 0 atom stereocenters. The van der Waals surface area contributed by atoms with Crippen LogP contribution in [-0.4, -0.2) is 38.3 Å². The maximum absolute atomic E-state index is 5.87. The largest absolute Gasteiger partial charge is 0.493 e. The summed E-state index contributed by atoms with van der Waals surface area (Å²) in [4.78, 5) is 2.48. The van der Waals surface area contributed by atoms with Gasteiger partial charge in [0.15, 0.2) is 11.5 Å². The highest BCUT2D eigenvalue weighted by molar-refractivity contribution is 5.55. The summed E-state index contributed by atoms with van der Waals surface area (Å²) in [6, 6.07) is 6.05. The van der Waals surface area contributed by atoms with Gasteiger partial charge in [0.2, 0.25) is 0 Å². The summed E-state index contributed by atoms with van der Waals surface area (Å²) >= 11 is 0. The fourth-order valence-corrected chi connectivity index (χ4v) is 2.57. The van der Waals surface area contributed by atoms with Crippen molar-refractivity contribution >= 4 is 6.08 Å². The van der Waals surface area contributed by atoms with Crippen LogP contribution in [-0.2, 0) is 0 Å². The van der Waals surface area contributed by atoms with E-state index in [2.05, 4.69) is 17.0 Å². The molecular weight excluding hydrogens is 250 g/mol. The van der Waals surface area contributed by atoms with E-state index in [0.29, 0.717) is 0 Å². The maximum Gasteiger partial charge on any atom is 0.161 e. The minimum atomic E-state index is 0.722. The number of methoxy groups -OCH3 is 1. The number of benzene rings is 1. The number of hydrogen-bond donors (Lipinski definition) is 0. The Bertz CT molecular complexity index is 437. The molecular formula is C17H25NO2. The molecule has 1 aliphatic heterocycles. The number of rotatable bonds is 6. The first-order chi connectivity index (χ1) is 9.83. The summed E-state index contributed by atoms with van der Waals surface area (Å²) in [5, 5.41) is 0. The summed E-state index contributed by atoms with van der Waals surface area (Å²) in [5.41, 5.74) is 1.13. The van der Waals surface area contributed by atoms with Crippen molar-refractivity contribution in [3.8, 4) is 11.5 Å². The van der Waals surface area contributed by atoms with Crippen molar-refractivity contribution in [2.45, 2.75) is 26.2 Å². The van der Waals surface area contributed by atoms with Gasteiger partial charge in [-0.25, -0.2) is 0 Å². The van der Waals surface area contributed by atoms with Gasteiger partial charge in [0.1, 0.15) is 6.61 Å². The number of allylic oxidation sites excluding steroid dienone is 1. The van der Waals surface area contributed by atoms with Crippen LogP contribution in [0.4, 0.5) is 0 Å². The van der Waals surface area contributed by atoms with Crippen LogP contribution in [0.15, 0.2) is 24.3 Å². The standard InChI is InChI=1S/C17H25NO2/c1-3-7-15-8-9-16(17(14-15)19-2)20-13-12-18-10-5-4-6-11-18/h3,7-9,14H,4-6,10-13H2,1-2H3/b7-3+. The molecule has 0 spiro atoms. The number of ether oxygens (including phenoxy) is 2. The van der Waals surface area contributed by atoms with E-state index >= 15 is 0 Å². The van der Waals surface area contributed by atoms with E-state index in [4.69, 9.17) is 9.47 Å². The van der Waals surface area contributed by atoms with E-state index in [1.807, 2.05) is 25.1 Å².